The molecule has 1 aromatic carbocycles. The minimum Gasteiger partial charge on any atom is -0.388 e. The number of nitro benzene ring substituents is 1. The fourth-order valence-corrected chi connectivity index (χ4v) is 1.31. The molecule has 1 heterocycles. The van der Waals surface area contributed by atoms with Crippen molar-refractivity contribution in [3.05, 3.63) is 40.2 Å². The van der Waals surface area contributed by atoms with Gasteiger partial charge in [0.25, 0.3) is 5.69 Å². The van der Waals surface area contributed by atoms with Crippen LogP contribution in [0.5, 0.6) is 0 Å². The third-order valence-electron chi connectivity index (χ3n) is 2.02. The van der Waals surface area contributed by atoms with Crippen LogP contribution in [0.15, 0.2) is 24.3 Å². The zero-order valence-corrected chi connectivity index (χ0v) is 8.12. The van der Waals surface area contributed by atoms with E-state index in [1.807, 2.05) is 0 Å². The number of hydrogen-bond acceptors (Lipinski definition) is 5. The van der Waals surface area contributed by atoms with E-state index in [4.69, 9.17) is 5.11 Å². The Balaban J connectivity index is 2.50. The second-order valence-electron chi connectivity index (χ2n) is 3.04. The number of hydrogen-bond donors (Lipinski definition) is 2. The van der Waals surface area contributed by atoms with E-state index in [-0.39, 0.29) is 23.9 Å². The molecule has 2 rings (SSSR count). The van der Waals surface area contributed by atoms with E-state index in [9.17, 15) is 10.1 Å². The van der Waals surface area contributed by atoms with E-state index in [2.05, 4.69) is 15.2 Å². The molecule has 0 aliphatic carbocycles. The van der Waals surface area contributed by atoms with Crippen molar-refractivity contribution in [3.63, 3.8) is 0 Å². The number of aliphatic hydroxyl groups excluding tert-OH is 1. The van der Waals surface area contributed by atoms with E-state index in [1.54, 1.807) is 18.2 Å². The maximum Gasteiger partial charge on any atom is 0.280 e. The number of nitrogens with zero attached hydrogens (tertiary/aromatic N) is 3. The fourth-order valence-electron chi connectivity index (χ4n) is 1.31. The molecular weight excluding hydrogens is 212 g/mol. The molecule has 0 aliphatic rings. The van der Waals surface area contributed by atoms with Gasteiger partial charge in [-0.05, 0) is 6.07 Å². The van der Waals surface area contributed by atoms with E-state index in [0.717, 1.165) is 0 Å². The van der Waals surface area contributed by atoms with Gasteiger partial charge in [0.1, 0.15) is 6.61 Å². The Morgan fingerprint density at radius 1 is 1.44 bits per heavy atom. The van der Waals surface area contributed by atoms with Gasteiger partial charge >= 0.3 is 0 Å². The number of aromatic nitrogens is 3. The number of para-hydroxylation sites is 1. The molecule has 2 N–H and O–H groups in total. The van der Waals surface area contributed by atoms with Crippen molar-refractivity contribution in [1.82, 2.24) is 15.2 Å². The topological polar surface area (TPSA) is 105 Å². The standard InChI is InChI=1S/C9H8N4O3/c14-5-8-10-9(12-11-8)6-3-1-2-4-7(6)13(15)16/h1-4,14H,5H2,(H,10,11,12). The number of nitro groups is 1. The van der Waals surface area contributed by atoms with Crippen LogP contribution in [0.1, 0.15) is 5.82 Å². The van der Waals surface area contributed by atoms with Crippen LogP contribution in [0.4, 0.5) is 5.69 Å². The molecule has 7 nitrogen and oxygen atoms in total. The average molecular weight is 220 g/mol. The van der Waals surface area contributed by atoms with Crippen LogP contribution in [-0.2, 0) is 6.61 Å². The van der Waals surface area contributed by atoms with Gasteiger partial charge in [0.05, 0.1) is 10.5 Å². The van der Waals surface area contributed by atoms with Crippen LogP contribution in [0.2, 0.25) is 0 Å². The molecule has 0 atom stereocenters. The number of benzene rings is 1. The quantitative estimate of drug-likeness (QED) is 0.589. The molecule has 0 amide bonds. The molecule has 7 heteroatoms. The van der Waals surface area contributed by atoms with E-state index >= 15 is 0 Å². The van der Waals surface area contributed by atoms with Crippen molar-refractivity contribution in [2.45, 2.75) is 6.61 Å². The molecule has 16 heavy (non-hydrogen) atoms. The molecule has 0 spiro atoms. The minimum absolute atomic E-state index is 0.0639. The van der Waals surface area contributed by atoms with E-state index in [1.165, 1.54) is 6.07 Å². The van der Waals surface area contributed by atoms with Gasteiger partial charge in [-0.2, -0.15) is 5.10 Å². The van der Waals surface area contributed by atoms with Crippen LogP contribution < -0.4 is 0 Å². The molecule has 1 aromatic heterocycles. The second-order valence-corrected chi connectivity index (χ2v) is 3.04. The summed E-state index contributed by atoms with van der Waals surface area (Å²) in [6.07, 6.45) is 0. The van der Waals surface area contributed by atoms with Crippen molar-refractivity contribution in [3.8, 4) is 11.4 Å². The highest BCUT2D eigenvalue weighted by Gasteiger charge is 2.17. The van der Waals surface area contributed by atoms with Crippen molar-refractivity contribution in [2.75, 3.05) is 0 Å². The first-order valence-corrected chi connectivity index (χ1v) is 4.48. The van der Waals surface area contributed by atoms with E-state index < -0.39 is 4.92 Å². The zero-order valence-electron chi connectivity index (χ0n) is 8.12. The molecule has 0 fully saturated rings. The zero-order chi connectivity index (χ0) is 11.5. The summed E-state index contributed by atoms with van der Waals surface area (Å²) in [4.78, 5) is 14.2. The van der Waals surface area contributed by atoms with Gasteiger partial charge in [0, 0.05) is 6.07 Å². The van der Waals surface area contributed by atoms with Crippen molar-refractivity contribution in [2.24, 2.45) is 0 Å². The van der Waals surface area contributed by atoms with Crippen LogP contribution in [0, 0.1) is 10.1 Å². The van der Waals surface area contributed by atoms with Gasteiger partial charge in [-0.15, -0.1) is 0 Å². The number of aromatic amines is 1. The molecule has 0 unspecified atom stereocenters. The SMILES string of the molecule is O=[N+]([O-])c1ccccc1-c1n[nH]c(CO)n1. The number of H-pyrrole nitrogens is 1. The molecule has 0 saturated carbocycles. The summed E-state index contributed by atoms with van der Waals surface area (Å²) in [5, 5.41) is 25.9. The Morgan fingerprint density at radius 2 is 2.19 bits per heavy atom. The number of rotatable bonds is 3. The van der Waals surface area contributed by atoms with Crippen LogP contribution in [-0.4, -0.2) is 25.2 Å². The lowest BCUT2D eigenvalue weighted by atomic mass is 10.2. The molecule has 2 aromatic rings. The first-order chi connectivity index (χ1) is 7.72. The lowest BCUT2D eigenvalue weighted by molar-refractivity contribution is -0.384. The van der Waals surface area contributed by atoms with Gasteiger partial charge in [0.2, 0.25) is 0 Å². The second kappa shape index (κ2) is 4.07. The van der Waals surface area contributed by atoms with Gasteiger partial charge in [-0.3, -0.25) is 15.2 Å². The summed E-state index contributed by atoms with van der Waals surface area (Å²) in [6, 6.07) is 6.17. The monoisotopic (exact) mass is 220 g/mol. The highest BCUT2D eigenvalue weighted by atomic mass is 16.6. The summed E-state index contributed by atoms with van der Waals surface area (Å²) in [6.45, 7) is -0.284. The Kier molecular flexibility index (Phi) is 2.61. The van der Waals surface area contributed by atoms with Crippen LogP contribution in [0.3, 0.4) is 0 Å². The first kappa shape index (κ1) is 10.2. The van der Waals surface area contributed by atoms with Gasteiger partial charge in [-0.25, -0.2) is 4.98 Å². The highest BCUT2D eigenvalue weighted by molar-refractivity contribution is 5.67. The van der Waals surface area contributed by atoms with E-state index in [0.29, 0.717) is 5.56 Å². The smallest absolute Gasteiger partial charge is 0.280 e. The normalized spacial score (nSPS) is 10.3. The summed E-state index contributed by atoms with van der Waals surface area (Å²) in [7, 11) is 0. The number of nitrogens with one attached hydrogen (secondary N) is 1. The third kappa shape index (κ3) is 1.75. The van der Waals surface area contributed by atoms with Crippen molar-refractivity contribution < 1.29 is 10.0 Å². The van der Waals surface area contributed by atoms with Gasteiger partial charge in [0.15, 0.2) is 11.6 Å². The molecular formula is C9H8N4O3. The maximum atomic E-state index is 10.8. The lowest BCUT2D eigenvalue weighted by Crippen LogP contribution is -1.92. The Bertz CT molecular complexity index is 523. The predicted octanol–water partition coefficient (Wildman–Crippen LogP) is 0.872. The van der Waals surface area contributed by atoms with Crippen molar-refractivity contribution >= 4 is 5.69 Å². The maximum absolute atomic E-state index is 10.8. The average Bonchev–Trinajstić information content (AvgIpc) is 2.77. The Labute approximate surface area is 89.9 Å². The molecule has 0 aliphatic heterocycles. The third-order valence-corrected chi connectivity index (χ3v) is 2.02. The highest BCUT2D eigenvalue weighted by Crippen LogP contribution is 2.26. The van der Waals surface area contributed by atoms with Crippen LogP contribution >= 0.6 is 0 Å². The predicted molar refractivity (Wildman–Crippen MR) is 54.4 cm³/mol. The summed E-state index contributed by atoms with van der Waals surface area (Å²) in [5.41, 5.74) is 0.259. The minimum atomic E-state index is -0.496. The van der Waals surface area contributed by atoms with Gasteiger partial charge in [-0.1, -0.05) is 12.1 Å². The van der Waals surface area contributed by atoms with Crippen LogP contribution in [0.25, 0.3) is 11.4 Å². The Hall–Kier alpha value is -2.28. The summed E-state index contributed by atoms with van der Waals surface area (Å²) < 4.78 is 0. The Morgan fingerprint density at radius 3 is 2.81 bits per heavy atom. The largest absolute Gasteiger partial charge is 0.388 e. The number of aliphatic hydroxyl groups is 1. The molecule has 82 valence electrons. The summed E-state index contributed by atoms with van der Waals surface area (Å²) >= 11 is 0. The first-order valence-electron chi connectivity index (χ1n) is 4.48. The fraction of sp³-hybridized carbons (Fsp3) is 0.111. The summed E-state index contributed by atoms with van der Waals surface area (Å²) in [5.74, 6) is 0.476. The molecule has 0 radical (unpaired) electrons. The van der Waals surface area contributed by atoms with Gasteiger partial charge < -0.3 is 5.11 Å². The van der Waals surface area contributed by atoms with Crippen molar-refractivity contribution in [1.29, 1.82) is 0 Å². The molecule has 0 saturated heterocycles. The lowest BCUT2D eigenvalue weighted by Gasteiger charge is -1.96. The molecule has 0 bridgehead atoms.